The average Bonchev–Trinajstić information content (AvgIpc) is 2.70. The molecule has 16 heavy (non-hydrogen) atoms. The number of carboxylic acid groups (broad SMARTS) is 1. The summed E-state index contributed by atoms with van der Waals surface area (Å²) in [5, 5.41) is 24.3. The number of aromatic hydroxyl groups is 1. The Hall–Kier alpha value is -2.37. The summed E-state index contributed by atoms with van der Waals surface area (Å²) in [5.41, 5.74) is 0.0142. The van der Waals surface area contributed by atoms with E-state index in [9.17, 15) is 14.3 Å². The Morgan fingerprint density at radius 3 is 2.88 bits per heavy atom. The molecule has 0 spiro atoms. The number of carboxylic acids is 1. The fraction of sp³-hybridized carbons (Fsp3) is 0. The third kappa shape index (κ3) is 1.60. The van der Waals surface area contributed by atoms with Gasteiger partial charge in [-0.2, -0.15) is 5.10 Å². The van der Waals surface area contributed by atoms with Gasteiger partial charge in [-0.25, -0.2) is 9.18 Å². The van der Waals surface area contributed by atoms with E-state index < -0.39 is 11.8 Å². The average molecular weight is 222 g/mol. The molecule has 82 valence electrons. The molecule has 0 saturated heterocycles. The summed E-state index contributed by atoms with van der Waals surface area (Å²) in [6, 6.07) is 3.27. The number of aromatic nitrogens is 2. The van der Waals surface area contributed by atoms with E-state index in [-0.39, 0.29) is 22.6 Å². The van der Waals surface area contributed by atoms with Crippen LogP contribution in [0.4, 0.5) is 4.39 Å². The number of nitrogens with zero attached hydrogens (tertiary/aromatic N) is 1. The summed E-state index contributed by atoms with van der Waals surface area (Å²) in [6.07, 6.45) is 1.10. The molecular weight excluding hydrogens is 215 g/mol. The number of phenols is 1. The number of H-pyrrole nitrogens is 1. The molecule has 0 bridgehead atoms. The second kappa shape index (κ2) is 3.65. The Bertz CT molecular complexity index is 551. The highest BCUT2D eigenvalue weighted by Gasteiger charge is 2.17. The maximum Gasteiger partial charge on any atom is 0.339 e. The van der Waals surface area contributed by atoms with E-state index in [0.29, 0.717) is 0 Å². The number of benzene rings is 1. The second-order valence-corrected chi connectivity index (χ2v) is 3.13. The van der Waals surface area contributed by atoms with Crippen molar-refractivity contribution in [1.29, 1.82) is 0 Å². The first-order valence-electron chi connectivity index (χ1n) is 4.35. The number of phenolic OH excluding ortho intramolecular Hbond substituents is 1. The lowest BCUT2D eigenvalue weighted by atomic mass is 10.1. The molecule has 0 unspecified atom stereocenters. The molecule has 0 radical (unpaired) electrons. The molecule has 3 N–H and O–H groups in total. The molecule has 1 aromatic heterocycles. The Morgan fingerprint density at radius 1 is 1.44 bits per heavy atom. The lowest BCUT2D eigenvalue weighted by Crippen LogP contribution is -1.97. The van der Waals surface area contributed by atoms with Crippen LogP contribution in [0.25, 0.3) is 11.3 Å². The zero-order valence-corrected chi connectivity index (χ0v) is 7.94. The first kappa shape index (κ1) is 10.2. The highest BCUT2D eigenvalue weighted by Crippen LogP contribution is 2.30. The highest BCUT2D eigenvalue weighted by molar-refractivity contribution is 5.95. The van der Waals surface area contributed by atoms with Crippen molar-refractivity contribution in [3.8, 4) is 17.0 Å². The predicted molar refractivity (Wildman–Crippen MR) is 52.6 cm³/mol. The molecule has 0 aliphatic rings. The van der Waals surface area contributed by atoms with Gasteiger partial charge in [-0.15, -0.1) is 0 Å². The van der Waals surface area contributed by atoms with Crippen LogP contribution >= 0.6 is 0 Å². The number of nitrogens with one attached hydrogen (secondary N) is 1. The van der Waals surface area contributed by atoms with Gasteiger partial charge in [0.05, 0.1) is 11.9 Å². The summed E-state index contributed by atoms with van der Waals surface area (Å²) in [6.45, 7) is 0. The van der Waals surface area contributed by atoms with Crippen molar-refractivity contribution in [2.24, 2.45) is 0 Å². The van der Waals surface area contributed by atoms with Crippen molar-refractivity contribution < 1.29 is 19.4 Å². The van der Waals surface area contributed by atoms with Gasteiger partial charge >= 0.3 is 5.97 Å². The van der Waals surface area contributed by atoms with Gasteiger partial charge in [-0.3, -0.25) is 5.10 Å². The topological polar surface area (TPSA) is 86.2 Å². The van der Waals surface area contributed by atoms with Crippen LogP contribution in [0.15, 0.2) is 24.4 Å². The van der Waals surface area contributed by atoms with Crippen LogP contribution in [0.5, 0.6) is 5.75 Å². The molecule has 5 nitrogen and oxygen atoms in total. The molecule has 0 aliphatic heterocycles. The Morgan fingerprint density at radius 2 is 2.19 bits per heavy atom. The van der Waals surface area contributed by atoms with E-state index >= 15 is 0 Å². The number of aromatic carboxylic acids is 1. The maximum atomic E-state index is 13.0. The largest absolute Gasteiger partial charge is 0.507 e. The predicted octanol–water partition coefficient (Wildman–Crippen LogP) is 1.62. The molecule has 1 aromatic carbocycles. The standard InChI is InChI=1S/C10H7FN2O3/c11-5-1-2-8(14)6(3-5)9-7(10(15)16)4-12-13-9/h1-4,14H,(H,12,13)(H,15,16). The van der Waals surface area contributed by atoms with Gasteiger partial charge in [0.2, 0.25) is 0 Å². The van der Waals surface area contributed by atoms with E-state index in [2.05, 4.69) is 10.2 Å². The fourth-order valence-electron chi connectivity index (χ4n) is 1.36. The molecule has 0 fully saturated rings. The Labute approximate surface area is 89.2 Å². The molecule has 0 aliphatic carbocycles. The third-order valence-corrected chi connectivity index (χ3v) is 2.10. The van der Waals surface area contributed by atoms with Crippen LogP contribution in [0.1, 0.15) is 10.4 Å². The molecule has 1 heterocycles. The molecule has 0 saturated carbocycles. The minimum atomic E-state index is -1.20. The van der Waals surface area contributed by atoms with Gasteiger partial charge in [0.1, 0.15) is 17.1 Å². The van der Waals surface area contributed by atoms with Gasteiger partial charge < -0.3 is 10.2 Å². The van der Waals surface area contributed by atoms with Crippen LogP contribution < -0.4 is 0 Å². The van der Waals surface area contributed by atoms with Gasteiger partial charge in [0, 0.05) is 5.56 Å². The van der Waals surface area contributed by atoms with Crippen molar-refractivity contribution in [3.63, 3.8) is 0 Å². The lowest BCUT2D eigenvalue weighted by molar-refractivity contribution is 0.0698. The van der Waals surface area contributed by atoms with E-state index in [1.165, 1.54) is 0 Å². The van der Waals surface area contributed by atoms with Crippen LogP contribution in [0.3, 0.4) is 0 Å². The highest BCUT2D eigenvalue weighted by atomic mass is 19.1. The zero-order chi connectivity index (χ0) is 11.7. The van der Waals surface area contributed by atoms with Crippen LogP contribution in [0.2, 0.25) is 0 Å². The van der Waals surface area contributed by atoms with Gasteiger partial charge in [0.25, 0.3) is 0 Å². The number of hydrogen-bond donors (Lipinski definition) is 3. The maximum absolute atomic E-state index is 13.0. The monoisotopic (exact) mass is 222 g/mol. The minimum absolute atomic E-state index is 0.0647. The van der Waals surface area contributed by atoms with Gasteiger partial charge in [0.15, 0.2) is 0 Å². The summed E-state index contributed by atoms with van der Waals surface area (Å²) in [7, 11) is 0. The molecule has 2 rings (SSSR count). The first-order valence-corrected chi connectivity index (χ1v) is 4.35. The minimum Gasteiger partial charge on any atom is -0.507 e. The molecular formula is C10H7FN2O3. The van der Waals surface area contributed by atoms with Crippen LogP contribution in [0, 0.1) is 5.82 Å². The summed E-state index contributed by atoms with van der Waals surface area (Å²) in [5.74, 6) is -1.99. The normalized spacial score (nSPS) is 10.3. The zero-order valence-electron chi connectivity index (χ0n) is 7.94. The van der Waals surface area contributed by atoms with Crippen molar-refractivity contribution in [2.75, 3.05) is 0 Å². The number of halogens is 1. The lowest BCUT2D eigenvalue weighted by Gasteiger charge is -2.03. The second-order valence-electron chi connectivity index (χ2n) is 3.13. The number of aromatic amines is 1. The number of carbonyl (C=O) groups is 1. The number of hydrogen-bond acceptors (Lipinski definition) is 3. The molecule has 6 heteroatoms. The Balaban J connectivity index is 2.62. The summed E-state index contributed by atoms with van der Waals surface area (Å²) < 4.78 is 13.0. The molecule has 0 amide bonds. The molecule has 2 aromatic rings. The third-order valence-electron chi connectivity index (χ3n) is 2.10. The van der Waals surface area contributed by atoms with Crippen molar-refractivity contribution >= 4 is 5.97 Å². The summed E-state index contributed by atoms with van der Waals surface area (Å²) >= 11 is 0. The van der Waals surface area contributed by atoms with Gasteiger partial charge in [-0.1, -0.05) is 0 Å². The SMILES string of the molecule is O=C(O)c1cn[nH]c1-c1cc(F)ccc1O. The number of rotatable bonds is 2. The van der Waals surface area contributed by atoms with Crippen molar-refractivity contribution in [2.45, 2.75) is 0 Å². The summed E-state index contributed by atoms with van der Waals surface area (Å²) in [4.78, 5) is 10.8. The van der Waals surface area contributed by atoms with E-state index in [4.69, 9.17) is 5.11 Å². The van der Waals surface area contributed by atoms with Crippen LogP contribution in [-0.2, 0) is 0 Å². The Kier molecular flexibility index (Phi) is 2.32. The van der Waals surface area contributed by atoms with Gasteiger partial charge in [-0.05, 0) is 18.2 Å². The van der Waals surface area contributed by atoms with Crippen molar-refractivity contribution in [1.82, 2.24) is 10.2 Å². The van der Waals surface area contributed by atoms with E-state index in [1.807, 2.05) is 0 Å². The van der Waals surface area contributed by atoms with Crippen molar-refractivity contribution in [3.05, 3.63) is 35.8 Å². The molecule has 0 atom stereocenters. The van der Waals surface area contributed by atoms with Crippen LogP contribution in [-0.4, -0.2) is 26.4 Å². The quantitative estimate of drug-likeness (QED) is 0.720. The van der Waals surface area contributed by atoms with E-state index in [0.717, 1.165) is 24.4 Å². The first-order chi connectivity index (χ1) is 7.59. The smallest absolute Gasteiger partial charge is 0.339 e. The fourth-order valence-corrected chi connectivity index (χ4v) is 1.36. The van der Waals surface area contributed by atoms with E-state index in [1.54, 1.807) is 0 Å².